The highest BCUT2D eigenvalue weighted by Gasteiger charge is 2.48. The summed E-state index contributed by atoms with van der Waals surface area (Å²) in [5, 5.41) is 0. The van der Waals surface area contributed by atoms with E-state index in [0.717, 1.165) is 29.6 Å². The minimum atomic E-state index is -0.806. The van der Waals surface area contributed by atoms with Crippen molar-refractivity contribution in [2.45, 2.75) is 57.8 Å². The van der Waals surface area contributed by atoms with Crippen molar-refractivity contribution in [2.24, 2.45) is 0 Å². The Morgan fingerprint density at radius 3 is 1.36 bits per heavy atom. The molecule has 4 aromatic carbocycles. The monoisotopic (exact) mass is 824 g/mol. The lowest BCUT2D eigenvalue weighted by molar-refractivity contribution is -0.145. The molecule has 0 N–H and O–H groups in total. The Morgan fingerprint density at radius 1 is 0.622 bits per heavy atom. The fourth-order valence-corrected chi connectivity index (χ4v) is 7.43. The molecule has 0 spiro atoms. The zero-order chi connectivity index (χ0) is 31.6. The van der Waals surface area contributed by atoms with Gasteiger partial charge in [-0.25, -0.2) is 0 Å². The molecule has 2 atom stereocenters. The highest BCUT2D eigenvalue weighted by molar-refractivity contribution is 14.1. The van der Waals surface area contributed by atoms with Crippen molar-refractivity contribution in [3.8, 4) is 0 Å². The molecule has 1 heterocycles. The normalized spacial score (nSPS) is 18.8. The van der Waals surface area contributed by atoms with Crippen molar-refractivity contribution in [1.82, 2.24) is 0 Å². The van der Waals surface area contributed by atoms with Gasteiger partial charge in [-0.3, -0.25) is 9.59 Å². The third kappa shape index (κ3) is 7.19. The number of para-hydroxylation sites is 2. The lowest BCUT2D eigenvalue weighted by Crippen LogP contribution is -2.42. The SMILES string of the molecule is CC1(C)O[C@H]2CC(C(=O)N(Cc3ccccc3)c3ccccc3I)=C(C(=O)N(Cc3ccccc3)c3ccccc3I)C[C@@H]2O1. The van der Waals surface area contributed by atoms with E-state index in [-0.39, 0.29) is 36.9 Å². The van der Waals surface area contributed by atoms with Crippen LogP contribution in [0, 0.1) is 7.14 Å². The Labute approximate surface area is 291 Å². The number of amides is 2. The van der Waals surface area contributed by atoms with Gasteiger partial charge in [0.25, 0.3) is 11.8 Å². The van der Waals surface area contributed by atoms with Gasteiger partial charge < -0.3 is 19.3 Å². The van der Waals surface area contributed by atoms with E-state index in [0.29, 0.717) is 24.2 Å². The van der Waals surface area contributed by atoms with E-state index in [1.165, 1.54) is 0 Å². The van der Waals surface area contributed by atoms with Gasteiger partial charge in [-0.1, -0.05) is 84.9 Å². The summed E-state index contributed by atoms with van der Waals surface area (Å²) in [4.78, 5) is 33.4. The fourth-order valence-electron chi connectivity index (χ4n) is 6.07. The van der Waals surface area contributed by atoms with Crippen molar-refractivity contribution in [2.75, 3.05) is 9.80 Å². The van der Waals surface area contributed by atoms with Crippen LogP contribution in [-0.4, -0.2) is 29.8 Å². The largest absolute Gasteiger partial charge is 0.344 e. The third-order valence-corrected chi connectivity index (χ3v) is 9.94. The summed E-state index contributed by atoms with van der Waals surface area (Å²) < 4.78 is 14.5. The number of carbonyl (C=O) groups excluding carboxylic acids is 2. The Balaban J connectivity index is 1.47. The average molecular weight is 824 g/mol. The quantitative estimate of drug-likeness (QED) is 0.168. The smallest absolute Gasteiger partial charge is 0.255 e. The van der Waals surface area contributed by atoms with Gasteiger partial charge in [-0.2, -0.15) is 0 Å². The molecule has 0 bridgehead atoms. The summed E-state index contributed by atoms with van der Waals surface area (Å²) in [6, 6.07) is 35.6. The summed E-state index contributed by atoms with van der Waals surface area (Å²) in [7, 11) is 0. The first-order valence-electron chi connectivity index (χ1n) is 15.0. The average Bonchev–Trinajstić information content (AvgIpc) is 3.36. The summed E-state index contributed by atoms with van der Waals surface area (Å²) in [5.74, 6) is -1.19. The number of benzene rings is 4. The van der Waals surface area contributed by atoms with Crippen molar-refractivity contribution in [1.29, 1.82) is 0 Å². The molecule has 1 aliphatic carbocycles. The predicted molar refractivity (Wildman–Crippen MR) is 194 cm³/mol. The topological polar surface area (TPSA) is 59.1 Å². The second-order valence-electron chi connectivity index (χ2n) is 11.7. The van der Waals surface area contributed by atoms with E-state index >= 15 is 0 Å². The summed E-state index contributed by atoms with van der Waals surface area (Å²) >= 11 is 4.55. The first-order valence-corrected chi connectivity index (χ1v) is 17.1. The maximum Gasteiger partial charge on any atom is 0.255 e. The highest BCUT2D eigenvalue weighted by Crippen LogP contribution is 2.42. The maximum absolute atomic E-state index is 14.9. The predicted octanol–water partition coefficient (Wildman–Crippen LogP) is 8.27. The number of halogens is 2. The van der Waals surface area contributed by atoms with Crippen LogP contribution < -0.4 is 9.80 Å². The van der Waals surface area contributed by atoms with Gasteiger partial charge in [0, 0.05) is 31.1 Å². The summed E-state index contributed by atoms with van der Waals surface area (Å²) in [6.45, 7) is 4.50. The van der Waals surface area contributed by atoms with Crippen LogP contribution in [0.3, 0.4) is 0 Å². The van der Waals surface area contributed by atoms with Crippen LogP contribution in [0.2, 0.25) is 0 Å². The molecule has 45 heavy (non-hydrogen) atoms. The second-order valence-corrected chi connectivity index (χ2v) is 14.1. The first-order chi connectivity index (χ1) is 21.7. The molecule has 0 unspecified atom stereocenters. The molecule has 6 nitrogen and oxygen atoms in total. The van der Waals surface area contributed by atoms with E-state index in [9.17, 15) is 9.59 Å². The molecule has 4 aromatic rings. The minimum Gasteiger partial charge on any atom is -0.344 e. The van der Waals surface area contributed by atoms with Crippen LogP contribution in [0.25, 0.3) is 0 Å². The van der Waals surface area contributed by atoms with Crippen molar-refractivity contribution in [3.63, 3.8) is 0 Å². The summed E-state index contributed by atoms with van der Waals surface area (Å²) in [5.41, 5.74) is 4.55. The Morgan fingerprint density at radius 2 is 0.978 bits per heavy atom. The molecule has 0 radical (unpaired) electrons. The number of nitrogens with zero attached hydrogens (tertiary/aromatic N) is 2. The van der Waals surface area contributed by atoms with E-state index < -0.39 is 5.79 Å². The van der Waals surface area contributed by atoms with Crippen LogP contribution >= 0.6 is 45.2 Å². The van der Waals surface area contributed by atoms with E-state index in [1.54, 1.807) is 9.80 Å². The van der Waals surface area contributed by atoms with Gasteiger partial charge in [0.2, 0.25) is 0 Å². The highest BCUT2D eigenvalue weighted by atomic mass is 127. The molecule has 2 amide bonds. The van der Waals surface area contributed by atoms with Gasteiger partial charge >= 0.3 is 0 Å². The lowest BCUT2D eigenvalue weighted by Gasteiger charge is -2.33. The van der Waals surface area contributed by atoms with Crippen molar-refractivity contribution in [3.05, 3.63) is 139 Å². The standard InChI is InChI=1S/C37H34I2N2O4/c1-37(2)44-33-21-27(35(42)40(23-25-13-5-3-6-14-25)31-19-11-9-17-29(31)38)28(22-34(33)45-37)36(43)41(24-26-15-7-4-8-16-26)32-20-12-10-18-30(32)39/h3-20,33-34H,21-24H2,1-2H3/t33-,34-/m0/s1. The van der Waals surface area contributed by atoms with E-state index in [2.05, 4.69) is 45.2 Å². The molecule has 0 saturated carbocycles. The first kappa shape index (κ1) is 31.9. The van der Waals surface area contributed by atoms with Gasteiger partial charge in [-0.15, -0.1) is 0 Å². The molecule has 8 heteroatoms. The number of ether oxygens (including phenoxy) is 2. The van der Waals surface area contributed by atoms with Crippen LogP contribution in [0.1, 0.15) is 37.8 Å². The van der Waals surface area contributed by atoms with Crippen LogP contribution in [0.5, 0.6) is 0 Å². The third-order valence-electron chi connectivity index (χ3n) is 8.12. The number of rotatable bonds is 8. The molecule has 1 saturated heterocycles. The van der Waals surface area contributed by atoms with E-state index in [4.69, 9.17) is 9.47 Å². The van der Waals surface area contributed by atoms with Gasteiger partial charge in [-0.05, 0) is 94.4 Å². The van der Waals surface area contributed by atoms with Crippen LogP contribution in [0.4, 0.5) is 11.4 Å². The lowest BCUT2D eigenvalue weighted by atomic mass is 9.85. The van der Waals surface area contributed by atoms with Crippen LogP contribution in [-0.2, 0) is 32.2 Å². The van der Waals surface area contributed by atoms with E-state index in [1.807, 2.05) is 123 Å². The number of anilines is 2. The van der Waals surface area contributed by atoms with Crippen molar-refractivity contribution < 1.29 is 19.1 Å². The molecule has 1 aliphatic heterocycles. The molecule has 230 valence electrons. The molecule has 2 aliphatic rings. The zero-order valence-electron chi connectivity index (χ0n) is 25.2. The van der Waals surface area contributed by atoms with Gasteiger partial charge in [0.1, 0.15) is 0 Å². The second kappa shape index (κ2) is 13.7. The Hall–Kier alpha value is -3.06. The molecular weight excluding hydrogens is 790 g/mol. The van der Waals surface area contributed by atoms with Gasteiger partial charge in [0.05, 0.1) is 36.7 Å². The molecule has 0 aromatic heterocycles. The number of carbonyl (C=O) groups is 2. The molecular formula is C37H34I2N2O4. The summed E-state index contributed by atoms with van der Waals surface area (Å²) in [6.07, 6.45) is -0.0895. The molecule has 1 fully saturated rings. The molecule has 6 rings (SSSR count). The zero-order valence-corrected chi connectivity index (χ0v) is 29.5. The number of hydrogen-bond donors (Lipinski definition) is 0. The van der Waals surface area contributed by atoms with Crippen molar-refractivity contribution >= 4 is 68.4 Å². The number of hydrogen-bond acceptors (Lipinski definition) is 4. The van der Waals surface area contributed by atoms with Gasteiger partial charge in [0.15, 0.2) is 5.79 Å². The fraction of sp³-hybridized carbons (Fsp3) is 0.243. The van der Waals surface area contributed by atoms with Crippen LogP contribution in [0.15, 0.2) is 120 Å². The Bertz CT molecular complexity index is 1600. The Kier molecular flexibility index (Phi) is 9.74. The maximum atomic E-state index is 14.9. The number of fused-ring (bicyclic) bond motifs is 1. The minimum absolute atomic E-state index is 0.194.